The number of nitrogens with zero attached hydrogens (tertiary/aromatic N) is 1. The lowest BCUT2D eigenvalue weighted by Gasteiger charge is -2.11. The van der Waals surface area contributed by atoms with Crippen LogP contribution in [-0.2, 0) is 16.1 Å². The number of hydrogen-bond acceptors (Lipinski definition) is 7. The third kappa shape index (κ3) is 5.97. The maximum Gasteiger partial charge on any atom is 0.373 e. The normalized spacial score (nSPS) is 10.9. The smallest absolute Gasteiger partial charge is 0.373 e. The van der Waals surface area contributed by atoms with Crippen LogP contribution in [0.1, 0.15) is 27.4 Å². The van der Waals surface area contributed by atoms with Gasteiger partial charge in [0.05, 0.1) is 14.2 Å². The molecule has 34 heavy (non-hydrogen) atoms. The molecule has 3 rings (SSSR count). The highest BCUT2D eigenvalue weighted by Gasteiger charge is 2.14. The molecule has 0 aliphatic carbocycles. The summed E-state index contributed by atoms with van der Waals surface area (Å²) in [7, 11) is 2.74. The Labute approximate surface area is 201 Å². The number of carbonyl (C=O) groups is 2. The largest absolute Gasteiger partial charge is 0.493 e. The average molecular weight is 481 g/mol. The monoisotopic (exact) mass is 480 g/mol. The summed E-state index contributed by atoms with van der Waals surface area (Å²) in [4.78, 5) is 24.1. The third-order valence-electron chi connectivity index (χ3n) is 4.73. The van der Waals surface area contributed by atoms with Crippen molar-refractivity contribution in [1.29, 1.82) is 5.26 Å². The van der Waals surface area contributed by atoms with Crippen molar-refractivity contribution in [3.63, 3.8) is 0 Å². The first-order valence-corrected chi connectivity index (χ1v) is 10.4. The van der Waals surface area contributed by atoms with Crippen LogP contribution in [0.2, 0.25) is 5.02 Å². The van der Waals surface area contributed by atoms with E-state index in [9.17, 15) is 14.9 Å². The number of hydrogen-bond donors (Lipinski definition) is 1. The highest BCUT2D eigenvalue weighted by Crippen LogP contribution is 2.30. The van der Waals surface area contributed by atoms with Crippen molar-refractivity contribution < 1.29 is 28.2 Å². The van der Waals surface area contributed by atoms with E-state index in [4.69, 9.17) is 25.5 Å². The SMILES string of the molecule is COC(=O)c1ccc(COc2ccc(C=C(C#N)C(=O)Nc3cc(Cl)ccc3C)cc2OC)o1. The van der Waals surface area contributed by atoms with Gasteiger partial charge in [-0.15, -0.1) is 0 Å². The molecule has 0 bridgehead atoms. The Morgan fingerprint density at radius 3 is 2.62 bits per heavy atom. The van der Waals surface area contributed by atoms with E-state index >= 15 is 0 Å². The van der Waals surface area contributed by atoms with Gasteiger partial charge < -0.3 is 23.9 Å². The fourth-order valence-electron chi connectivity index (χ4n) is 2.94. The summed E-state index contributed by atoms with van der Waals surface area (Å²) < 4.78 is 21.1. The molecule has 0 radical (unpaired) electrons. The number of nitriles is 1. The van der Waals surface area contributed by atoms with Crippen LogP contribution in [0.15, 0.2) is 58.5 Å². The van der Waals surface area contributed by atoms with E-state index in [0.717, 1.165) is 5.56 Å². The molecule has 0 fully saturated rings. The minimum atomic E-state index is -0.581. The van der Waals surface area contributed by atoms with Crippen molar-refractivity contribution in [2.45, 2.75) is 13.5 Å². The van der Waals surface area contributed by atoms with Crippen molar-refractivity contribution in [2.24, 2.45) is 0 Å². The number of ether oxygens (including phenoxy) is 3. The van der Waals surface area contributed by atoms with Gasteiger partial charge in [0, 0.05) is 10.7 Å². The van der Waals surface area contributed by atoms with E-state index in [1.54, 1.807) is 42.5 Å². The number of carbonyl (C=O) groups excluding carboxylic acids is 2. The van der Waals surface area contributed by atoms with Gasteiger partial charge in [0.15, 0.2) is 11.5 Å². The van der Waals surface area contributed by atoms with E-state index in [-0.39, 0.29) is 17.9 Å². The molecule has 0 atom stereocenters. The van der Waals surface area contributed by atoms with Gasteiger partial charge in [0.25, 0.3) is 5.91 Å². The fourth-order valence-corrected chi connectivity index (χ4v) is 3.11. The molecule has 3 aromatic rings. The van der Waals surface area contributed by atoms with Gasteiger partial charge in [-0.25, -0.2) is 4.79 Å². The molecular weight excluding hydrogens is 460 g/mol. The van der Waals surface area contributed by atoms with Crippen LogP contribution in [0, 0.1) is 18.3 Å². The Balaban J connectivity index is 1.74. The molecule has 2 aromatic carbocycles. The number of anilines is 1. The molecule has 9 heteroatoms. The highest BCUT2D eigenvalue weighted by molar-refractivity contribution is 6.31. The van der Waals surface area contributed by atoms with E-state index in [0.29, 0.717) is 33.5 Å². The summed E-state index contributed by atoms with van der Waals surface area (Å²) >= 11 is 6.00. The minimum Gasteiger partial charge on any atom is -0.493 e. The van der Waals surface area contributed by atoms with Crippen LogP contribution < -0.4 is 14.8 Å². The summed E-state index contributed by atoms with van der Waals surface area (Å²) in [5.41, 5.74) is 1.80. The standard InChI is InChI=1S/C25H21ClN2O6/c1-15-4-6-18(26)12-20(15)28-24(29)17(13-27)10-16-5-8-21(23(11-16)31-2)33-14-19-7-9-22(34-19)25(30)32-3/h4-12H,14H2,1-3H3,(H,28,29). The van der Waals surface area contributed by atoms with Crippen LogP contribution >= 0.6 is 11.6 Å². The molecule has 0 aliphatic heterocycles. The Hall–Kier alpha value is -4.22. The van der Waals surface area contributed by atoms with Crippen molar-refractivity contribution >= 4 is 35.2 Å². The number of esters is 1. The highest BCUT2D eigenvalue weighted by atomic mass is 35.5. The quantitative estimate of drug-likeness (QED) is 0.269. The summed E-state index contributed by atoms with van der Waals surface area (Å²) in [6.45, 7) is 1.87. The van der Waals surface area contributed by atoms with Gasteiger partial charge >= 0.3 is 5.97 Å². The topological polar surface area (TPSA) is 111 Å². The fraction of sp³-hybridized carbons (Fsp3) is 0.160. The molecule has 1 heterocycles. The van der Waals surface area contributed by atoms with Crippen LogP contribution in [0.4, 0.5) is 5.69 Å². The maximum atomic E-state index is 12.6. The number of aryl methyl sites for hydroxylation is 1. The number of methoxy groups -OCH3 is 2. The number of furan rings is 1. The number of benzene rings is 2. The van der Waals surface area contributed by atoms with E-state index in [1.165, 1.54) is 26.4 Å². The van der Waals surface area contributed by atoms with Crippen molar-refractivity contribution in [2.75, 3.05) is 19.5 Å². The van der Waals surface area contributed by atoms with Crippen molar-refractivity contribution in [3.8, 4) is 17.6 Å². The van der Waals surface area contributed by atoms with Crippen molar-refractivity contribution in [1.82, 2.24) is 0 Å². The zero-order valence-corrected chi connectivity index (χ0v) is 19.4. The summed E-state index contributed by atoms with van der Waals surface area (Å²) in [5.74, 6) is 0.147. The van der Waals surface area contributed by atoms with E-state index in [1.807, 2.05) is 13.0 Å². The first-order chi connectivity index (χ1) is 16.3. The van der Waals surface area contributed by atoms with Gasteiger partial charge in [-0.3, -0.25) is 4.79 Å². The lowest BCUT2D eigenvalue weighted by atomic mass is 10.1. The van der Waals surface area contributed by atoms with Crippen LogP contribution in [-0.4, -0.2) is 26.1 Å². The lowest BCUT2D eigenvalue weighted by molar-refractivity contribution is -0.112. The molecule has 0 saturated heterocycles. The predicted molar refractivity (Wildman–Crippen MR) is 126 cm³/mol. The summed E-state index contributed by atoms with van der Waals surface area (Å²) in [5, 5.41) is 12.7. The third-order valence-corrected chi connectivity index (χ3v) is 4.96. The maximum absolute atomic E-state index is 12.6. The first kappa shape index (κ1) is 24.4. The second-order valence-electron chi connectivity index (χ2n) is 7.04. The average Bonchev–Trinajstić information content (AvgIpc) is 3.32. The number of nitrogens with one attached hydrogen (secondary N) is 1. The molecule has 8 nitrogen and oxygen atoms in total. The molecule has 174 valence electrons. The Morgan fingerprint density at radius 2 is 1.91 bits per heavy atom. The second kappa shape index (κ2) is 11.1. The van der Waals surface area contributed by atoms with Crippen LogP contribution in [0.3, 0.4) is 0 Å². The van der Waals surface area contributed by atoms with Gasteiger partial charge in [-0.1, -0.05) is 23.7 Å². The van der Waals surface area contributed by atoms with Gasteiger partial charge in [-0.2, -0.15) is 5.26 Å². The van der Waals surface area contributed by atoms with Gasteiger partial charge in [0.2, 0.25) is 5.76 Å². The van der Waals surface area contributed by atoms with Gasteiger partial charge in [0.1, 0.15) is 24.0 Å². The zero-order valence-electron chi connectivity index (χ0n) is 18.7. The van der Waals surface area contributed by atoms with E-state index in [2.05, 4.69) is 10.1 Å². The second-order valence-corrected chi connectivity index (χ2v) is 7.48. The van der Waals surface area contributed by atoms with Crippen LogP contribution in [0.5, 0.6) is 11.5 Å². The Bertz CT molecular complexity index is 1290. The molecule has 1 amide bonds. The Morgan fingerprint density at radius 1 is 1.12 bits per heavy atom. The minimum absolute atomic E-state index is 0.0490. The predicted octanol–water partition coefficient (Wildman–Crippen LogP) is 5.16. The molecule has 0 aliphatic rings. The summed E-state index contributed by atoms with van der Waals surface area (Å²) in [6.07, 6.45) is 1.44. The Kier molecular flexibility index (Phi) is 7.96. The number of rotatable bonds is 8. The molecule has 1 N–H and O–H groups in total. The molecular formula is C25H21ClN2O6. The zero-order chi connectivity index (χ0) is 24.7. The summed E-state index contributed by atoms with van der Waals surface area (Å²) in [6, 6.07) is 15.1. The number of amides is 1. The van der Waals surface area contributed by atoms with E-state index < -0.39 is 11.9 Å². The van der Waals surface area contributed by atoms with Gasteiger partial charge in [-0.05, 0) is 60.5 Å². The van der Waals surface area contributed by atoms with Crippen LogP contribution in [0.25, 0.3) is 6.08 Å². The molecule has 0 unspecified atom stereocenters. The molecule has 1 aromatic heterocycles. The molecule has 0 spiro atoms. The first-order valence-electron chi connectivity index (χ1n) is 10.0. The molecule has 0 saturated carbocycles. The number of halogens is 1. The van der Waals surface area contributed by atoms with Crippen molar-refractivity contribution in [3.05, 3.63) is 81.8 Å². The lowest BCUT2D eigenvalue weighted by Crippen LogP contribution is -2.14.